The molecule has 0 aromatic carbocycles. The predicted octanol–water partition coefficient (Wildman–Crippen LogP) is 7.70. The van der Waals surface area contributed by atoms with Gasteiger partial charge in [0.1, 0.15) is 0 Å². The first-order chi connectivity index (χ1) is 14.1. The second kappa shape index (κ2) is 9.76. The third-order valence-corrected chi connectivity index (χ3v) is 14.7. The number of fused-ring (bicyclic) bond motifs is 1. The van der Waals surface area contributed by atoms with Crippen LogP contribution in [0.4, 0.5) is 0 Å². The van der Waals surface area contributed by atoms with Crippen molar-refractivity contribution in [2.45, 2.75) is 130 Å². The van der Waals surface area contributed by atoms with Crippen LogP contribution in [0, 0.1) is 29.1 Å². The Morgan fingerprint density at radius 2 is 1.61 bits per heavy atom. The van der Waals surface area contributed by atoms with E-state index in [1.165, 1.54) is 32.1 Å². The largest absolute Gasteiger partial charge is 0.414 e. The Bertz CT molecular complexity index is 582. The first kappa shape index (κ1) is 27.3. The maximum absolute atomic E-state index is 7.05. The summed E-state index contributed by atoms with van der Waals surface area (Å²) in [4.78, 5) is 0. The molecule has 2 aliphatic rings. The fourth-order valence-electron chi connectivity index (χ4n) is 6.34. The number of hydrogen-bond donors (Lipinski definition) is 0. The highest BCUT2D eigenvalue weighted by Crippen LogP contribution is 2.59. The molecule has 0 aromatic rings. The summed E-state index contributed by atoms with van der Waals surface area (Å²) >= 11 is 0. The Morgan fingerprint density at radius 3 is 2.13 bits per heavy atom. The minimum Gasteiger partial charge on any atom is -0.414 e. The van der Waals surface area contributed by atoms with E-state index in [9.17, 15) is 0 Å². The molecule has 2 rings (SSSR count). The summed E-state index contributed by atoms with van der Waals surface area (Å²) < 4.78 is 19.0. The van der Waals surface area contributed by atoms with Crippen LogP contribution in [0.3, 0.4) is 0 Å². The van der Waals surface area contributed by atoms with Gasteiger partial charge in [0.25, 0.3) is 0 Å². The lowest BCUT2D eigenvalue weighted by molar-refractivity contribution is -0.0736. The zero-order chi connectivity index (χ0) is 23.8. The SMILES string of the molecule is COC(C[C@@H](C)C(C)(C)OC)[C@@H](C)[C@H]1CC[C@H]2[C@@H](O[Si](C)(C)C(C)(C)C)CCC[C@@]12C. The molecule has 2 aliphatic carbocycles. The fraction of sp³-hybridized carbons (Fsp3) is 1.00. The van der Waals surface area contributed by atoms with E-state index in [0.717, 1.165) is 6.42 Å². The van der Waals surface area contributed by atoms with E-state index in [0.29, 0.717) is 35.2 Å². The van der Waals surface area contributed by atoms with Crippen molar-refractivity contribution in [2.24, 2.45) is 29.1 Å². The minimum absolute atomic E-state index is 0.119. The Kier molecular flexibility index (Phi) is 8.61. The van der Waals surface area contributed by atoms with Gasteiger partial charge in [0.05, 0.1) is 11.7 Å². The van der Waals surface area contributed by atoms with E-state index in [-0.39, 0.29) is 16.7 Å². The van der Waals surface area contributed by atoms with Crippen LogP contribution in [0.1, 0.15) is 93.9 Å². The molecule has 3 nitrogen and oxygen atoms in total. The quantitative estimate of drug-likeness (QED) is 0.334. The lowest BCUT2D eigenvalue weighted by Crippen LogP contribution is -2.50. The van der Waals surface area contributed by atoms with Crippen LogP contribution in [0.2, 0.25) is 18.1 Å². The Labute approximate surface area is 195 Å². The molecule has 7 atom stereocenters. The lowest BCUT2D eigenvalue weighted by Gasteiger charge is -2.50. The summed E-state index contributed by atoms with van der Waals surface area (Å²) in [6, 6.07) is 0. The van der Waals surface area contributed by atoms with Gasteiger partial charge in [-0.15, -0.1) is 0 Å². The smallest absolute Gasteiger partial charge is 0.192 e. The third kappa shape index (κ3) is 5.61. The van der Waals surface area contributed by atoms with Crippen molar-refractivity contribution in [1.82, 2.24) is 0 Å². The number of rotatable bonds is 9. The van der Waals surface area contributed by atoms with Gasteiger partial charge in [-0.05, 0) is 93.2 Å². The second-order valence-electron chi connectivity index (χ2n) is 13.2. The van der Waals surface area contributed by atoms with Crippen molar-refractivity contribution >= 4 is 8.32 Å². The average molecular weight is 455 g/mol. The molecule has 1 unspecified atom stereocenters. The van der Waals surface area contributed by atoms with Crippen LogP contribution in [0.25, 0.3) is 0 Å². The molecule has 2 saturated carbocycles. The number of hydrogen-bond acceptors (Lipinski definition) is 3. The summed E-state index contributed by atoms with van der Waals surface area (Å²) in [5, 5.41) is 0.275. The summed E-state index contributed by atoms with van der Waals surface area (Å²) in [6.07, 6.45) is 8.33. The van der Waals surface area contributed by atoms with Crippen LogP contribution in [0.5, 0.6) is 0 Å². The van der Waals surface area contributed by atoms with Crippen molar-refractivity contribution in [1.29, 1.82) is 0 Å². The molecule has 0 spiro atoms. The predicted molar refractivity (Wildman–Crippen MR) is 135 cm³/mol. The van der Waals surface area contributed by atoms with Crippen LogP contribution in [0.15, 0.2) is 0 Å². The molecule has 0 aromatic heterocycles. The van der Waals surface area contributed by atoms with Crippen molar-refractivity contribution in [3.8, 4) is 0 Å². The van der Waals surface area contributed by atoms with Gasteiger partial charge in [-0.25, -0.2) is 0 Å². The second-order valence-corrected chi connectivity index (χ2v) is 17.9. The Hall–Kier alpha value is 0.0969. The van der Waals surface area contributed by atoms with Crippen LogP contribution in [-0.4, -0.2) is 40.3 Å². The van der Waals surface area contributed by atoms with Gasteiger partial charge in [-0.3, -0.25) is 0 Å². The highest BCUT2D eigenvalue weighted by Gasteiger charge is 2.55. The zero-order valence-electron chi connectivity index (χ0n) is 22.9. The molecular weight excluding hydrogens is 400 g/mol. The summed E-state index contributed by atoms with van der Waals surface area (Å²) in [6.45, 7) is 23.7. The molecule has 0 radical (unpaired) electrons. The first-order valence-electron chi connectivity index (χ1n) is 12.9. The highest BCUT2D eigenvalue weighted by atomic mass is 28.4. The van der Waals surface area contributed by atoms with E-state index in [2.05, 4.69) is 68.5 Å². The van der Waals surface area contributed by atoms with Gasteiger partial charge < -0.3 is 13.9 Å². The van der Waals surface area contributed by atoms with Crippen LogP contribution < -0.4 is 0 Å². The standard InChI is InChI=1S/C27H54O3Si/c1-19(26(6,7)29-10)18-24(28-9)20(2)21-15-16-22-23(14-13-17-27(21,22)8)30-31(11,12)25(3,4)5/h19-24H,13-18H2,1-12H3/t19-,20+,21-,22+,23+,24?,27+/m1/s1. The molecule has 0 bridgehead atoms. The van der Waals surface area contributed by atoms with Gasteiger partial charge in [0.15, 0.2) is 8.32 Å². The van der Waals surface area contributed by atoms with E-state index < -0.39 is 8.32 Å². The van der Waals surface area contributed by atoms with E-state index in [1.807, 2.05) is 14.2 Å². The highest BCUT2D eigenvalue weighted by molar-refractivity contribution is 6.74. The molecule has 184 valence electrons. The maximum Gasteiger partial charge on any atom is 0.192 e. The molecule has 0 aliphatic heterocycles. The summed E-state index contributed by atoms with van der Waals surface area (Å²) in [7, 11) is 1.99. The van der Waals surface area contributed by atoms with E-state index in [4.69, 9.17) is 13.9 Å². The first-order valence-corrected chi connectivity index (χ1v) is 15.8. The molecule has 0 saturated heterocycles. The molecule has 31 heavy (non-hydrogen) atoms. The fourth-order valence-corrected chi connectivity index (χ4v) is 7.73. The molecule has 2 fully saturated rings. The van der Waals surface area contributed by atoms with Gasteiger partial charge in [-0.2, -0.15) is 0 Å². The van der Waals surface area contributed by atoms with Crippen molar-refractivity contribution < 1.29 is 13.9 Å². The molecular formula is C27H54O3Si. The summed E-state index contributed by atoms with van der Waals surface area (Å²) in [5.41, 5.74) is 0.257. The Balaban J connectivity index is 2.17. The number of methoxy groups -OCH3 is 2. The van der Waals surface area contributed by atoms with Gasteiger partial charge in [0.2, 0.25) is 0 Å². The van der Waals surface area contributed by atoms with Crippen molar-refractivity contribution in [2.75, 3.05) is 14.2 Å². The number of ether oxygens (including phenoxy) is 2. The Morgan fingerprint density at radius 1 is 1.00 bits per heavy atom. The lowest BCUT2D eigenvalue weighted by atomic mass is 9.61. The zero-order valence-corrected chi connectivity index (χ0v) is 23.9. The van der Waals surface area contributed by atoms with E-state index >= 15 is 0 Å². The van der Waals surface area contributed by atoms with E-state index in [1.54, 1.807) is 0 Å². The summed E-state index contributed by atoms with van der Waals surface area (Å²) in [5.74, 6) is 2.43. The van der Waals surface area contributed by atoms with Crippen LogP contribution in [-0.2, 0) is 13.9 Å². The molecule has 4 heteroatoms. The van der Waals surface area contributed by atoms with Gasteiger partial charge in [0, 0.05) is 20.3 Å². The monoisotopic (exact) mass is 454 g/mol. The van der Waals surface area contributed by atoms with Gasteiger partial charge >= 0.3 is 0 Å². The minimum atomic E-state index is -1.75. The van der Waals surface area contributed by atoms with Crippen molar-refractivity contribution in [3.63, 3.8) is 0 Å². The van der Waals surface area contributed by atoms with Gasteiger partial charge in [-0.1, -0.05) is 48.0 Å². The topological polar surface area (TPSA) is 27.7 Å². The molecule has 0 N–H and O–H groups in total. The molecule has 0 heterocycles. The average Bonchev–Trinajstić information content (AvgIpc) is 3.02. The van der Waals surface area contributed by atoms with Crippen LogP contribution >= 0.6 is 0 Å². The normalized spacial score (nSPS) is 33.1. The maximum atomic E-state index is 7.05. The van der Waals surface area contributed by atoms with Crippen molar-refractivity contribution in [3.05, 3.63) is 0 Å². The molecule has 0 amide bonds. The third-order valence-electron chi connectivity index (χ3n) is 10.2.